The number of imide groups is 2. The maximum absolute atomic E-state index is 14.9. The first-order valence-corrected chi connectivity index (χ1v) is 9.50. The van der Waals surface area contributed by atoms with Crippen LogP contribution in [-0.4, -0.2) is 59.7 Å². The van der Waals surface area contributed by atoms with E-state index in [9.17, 15) is 23.6 Å². The fourth-order valence-electron chi connectivity index (χ4n) is 4.91. The van der Waals surface area contributed by atoms with Crippen LogP contribution in [0.1, 0.15) is 46.4 Å². The minimum atomic E-state index is -1.05. The normalized spacial score (nSPS) is 29.4. The van der Waals surface area contributed by atoms with Gasteiger partial charge in [-0.05, 0) is 31.4 Å². The van der Waals surface area contributed by atoms with Crippen LogP contribution in [0.15, 0.2) is 12.1 Å². The average molecular weight is 386 g/mol. The summed E-state index contributed by atoms with van der Waals surface area (Å²) in [4.78, 5) is 52.6. The Kier molecular flexibility index (Phi) is 3.77. The third-order valence-electron chi connectivity index (χ3n) is 6.17. The smallest absolute Gasteiger partial charge is 0.264 e. The monoisotopic (exact) mass is 386 g/mol. The highest BCUT2D eigenvalue weighted by Gasteiger charge is 2.48. The third-order valence-corrected chi connectivity index (χ3v) is 6.17. The van der Waals surface area contributed by atoms with Gasteiger partial charge in [0.2, 0.25) is 11.8 Å². The summed E-state index contributed by atoms with van der Waals surface area (Å²) in [5.74, 6) is -2.92. The number of fused-ring (bicyclic) bond motifs is 3. The molecule has 3 saturated heterocycles. The van der Waals surface area contributed by atoms with Crippen LogP contribution < -0.4 is 15.5 Å². The molecule has 28 heavy (non-hydrogen) atoms. The number of piperidine rings is 1. The third kappa shape index (κ3) is 2.32. The fourth-order valence-corrected chi connectivity index (χ4v) is 4.91. The second-order valence-corrected chi connectivity index (χ2v) is 7.72. The summed E-state index contributed by atoms with van der Waals surface area (Å²) in [5.41, 5.74) is 0.317. The lowest BCUT2D eigenvalue weighted by Crippen LogP contribution is -2.54. The van der Waals surface area contributed by atoms with Gasteiger partial charge in [0.15, 0.2) is 0 Å². The fraction of sp³-hybridized carbons (Fsp3) is 0.474. The van der Waals surface area contributed by atoms with E-state index in [2.05, 4.69) is 10.6 Å². The van der Waals surface area contributed by atoms with Gasteiger partial charge in [-0.3, -0.25) is 29.4 Å². The molecule has 146 valence electrons. The van der Waals surface area contributed by atoms with Crippen molar-refractivity contribution >= 4 is 29.3 Å². The van der Waals surface area contributed by atoms with Crippen molar-refractivity contribution < 1.29 is 23.6 Å². The number of amides is 4. The molecule has 4 aliphatic heterocycles. The number of halogens is 1. The molecule has 2 bridgehead atoms. The molecule has 9 heteroatoms. The summed E-state index contributed by atoms with van der Waals surface area (Å²) < 4.78 is 14.9. The number of piperazine rings is 1. The molecular weight excluding hydrogens is 367 g/mol. The molecule has 0 aromatic heterocycles. The predicted octanol–water partition coefficient (Wildman–Crippen LogP) is 0.168. The van der Waals surface area contributed by atoms with Crippen molar-refractivity contribution in [2.24, 2.45) is 0 Å². The minimum Gasteiger partial charge on any atom is -0.360 e. The van der Waals surface area contributed by atoms with Crippen molar-refractivity contribution in [2.45, 2.75) is 43.8 Å². The Morgan fingerprint density at radius 1 is 0.964 bits per heavy atom. The van der Waals surface area contributed by atoms with E-state index in [0.717, 1.165) is 17.7 Å². The van der Waals surface area contributed by atoms with Gasteiger partial charge in [-0.25, -0.2) is 4.39 Å². The van der Waals surface area contributed by atoms with Gasteiger partial charge < -0.3 is 10.2 Å². The van der Waals surface area contributed by atoms with Gasteiger partial charge in [0.05, 0.1) is 16.8 Å². The molecular formula is C19H19FN4O4. The molecule has 0 saturated carbocycles. The molecule has 4 amide bonds. The number of nitrogens with zero attached hydrogens (tertiary/aromatic N) is 2. The lowest BCUT2D eigenvalue weighted by molar-refractivity contribution is -0.136. The molecule has 0 aliphatic carbocycles. The Hall–Kier alpha value is -2.81. The van der Waals surface area contributed by atoms with E-state index in [4.69, 9.17) is 0 Å². The zero-order chi connectivity index (χ0) is 19.6. The zero-order valence-corrected chi connectivity index (χ0v) is 15.0. The first-order chi connectivity index (χ1) is 13.5. The number of hydrogen-bond acceptors (Lipinski definition) is 6. The van der Waals surface area contributed by atoms with Crippen LogP contribution in [0.2, 0.25) is 0 Å². The summed E-state index contributed by atoms with van der Waals surface area (Å²) in [7, 11) is 0. The molecule has 3 atom stereocenters. The summed E-state index contributed by atoms with van der Waals surface area (Å²) in [6, 6.07) is 1.60. The lowest BCUT2D eigenvalue weighted by Gasteiger charge is -2.38. The highest BCUT2D eigenvalue weighted by molar-refractivity contribution is 6.25. The number of carbonyl (C=O) groups excluding carboxylic acids is 4. The van der Waals surface area contributed by atoms with E-state index in [1.807, 2.05) is 4.90 Å². The SMILES string of the molecule is O=C1CCC(N2C(=O)c3ccc(F)c(N4C5CCC4CNC5)c3C2=O)C(=O)N1. The van der Waals surface area contributed by atoms with Crippen LogP contribution in [0.5, 0.6) is 0 Å². The quantitative estimate of drug-likeness (QED) is 0.703. The van der Waals surface area contributed by atoms with Crippen molar-refractivity contribution in [3.63, 3.8) is 0 Å². The molecule has 4 aliphatic rings. The molecule has 1 aromatic carbocycles. The van der Waals surface area contributed by atoms with Crippen molar-refractivity contribution in [1.82, 2.24) is 15.5 Å². The van der Waals surface area contributed by atoms with Gasteiger partial charge in [-0.15, -0.1) is 0 Å². The van der Waals surface area contributed by atoms with Crippen LogP contribution in [0.25, 0.3) is 0 Å². The summed E-state index contributed by atoms with van der Waals surface area (Å²) in [5, 5.41) is 5.48. The Balaban J connectivity index is 1.58. The molecule has 5 rings (SSSR count). The molecule has 3 unspecified atom stereocenters. The topological polar surface area (TPSA) is 98.8 Å². The van der Waals surface area contributed by atoms with Crippen LogP contribution in [0.4, 0.5) is 10.1 Å². The van der Waals surface area contributed by atoms with E-state index in [-0.39, 0.29) is 41.7 Å². The van der Waals surface area contributed by atoms with Gasteiger partial charge in [0.25, 0.3) is 11.8 Å². The molecule has 1 aromatic rings. The van der Waals surface area contributed by atoms with E-state index in [1.165, 1.54) is 12.1 Å². The second-order valence-electron chi connectivity index (χ2n) is 7.72. The first-order valence-electron chi connectivity index (χ1n) is 9.50. The largest absolute Gasteiger partial charge is 0.360 e. The first kappa shape index (κ1) is 17.3. The van der Waals surface area contributed by atoms with Crippen LogP contribution in [0.3, 0.4) is 0 Å². The predicted molar refractivity (Wildman–Crippen MR) is 95.2 cm³/mol. The van der Waals surface area contributed by atoms with E-state index in [1.54, 1.807) is 0 Å². The zero-order valence-electron chi connectivity index (χ0n) is 15.0. The molecule has 2 N–H and O–H groups in total. The van der Waals surface area contributed by atoms with Gasteiger partial charge in [-0.2, -0.15) is 0 Å². The molecule has 0 spiro atoms. The maximum Gasteiger partial charge on any atom is 0.264 e. The average Bonchev–Trinajstić information content (AvgIpc) is 3.04. The number of carbonyl (C=O) groups is 4. The lowest BCUT2D eigenvalue weighted by atomic mass is 10.0. The van der Waals surface area contributed by atoms with Gasteiger partial charge in [0.1, 0.15) is 11.9 Å². The molecule has 8 nitrogen and oxygen atoms in total. The number of rotatable bonds is 2. The van der Waals surface area contributed by atoms with Crippen molar-refractivity contribution in [2.75, 3.05) is 18.0 Å². The van der Waals surface area contributed by atoms with E-state index >= 15 is 0 Å². The minimum absolute atomic E-state index is 0.0356. The Morgan fingerprint density at radius 2 is 1.68 bits per heavy atom. The molecule has 3 fully saturated rings. The molecule has 0 radical (unpaired) electrons. The van der Waals surface area contributed by atoms with Crippen LogP contribution >= 0.6 is 0 Å². The summed E-state index contributed by atoms with van der Waals surface area (Å²) >= 11 is 0. The molecule has 4 heterocycles. The van der Waals surface area contributed by atoms with Crippen molar-refractivity contribution in [3.8, 4) is 0 Å². The van der Waals surface area contributed by atoms with Gasteiger partial charge in [-0.1, -0.05) is 0 Å². The Labute approximate surface area is 160 Å². The Morgan fingerprint density at radius 3 is 2.36 bits per heavy atom. The van der Waals surface area contributed by atoms with Crippen LogP contribution in [0, 0.1) is 5.82 Å². The number of hydrogen-bond donors (Lipinski definition) is 2. The summed E-state index contributed by atoms with van der Waals surface area (Å²) in [6.07, 6.45) is 1.90. The number of benzene rings is 1. The van der Waals surface area contributed by atoms with Crippen molar-refractivity contribution in [3.05, 3.63) is 29.1 Å². The second kappa shape index (κ2) is 6.10. The maximum atomic E-state index is 14.9. The standard InChI is InChI=1S/C19H19FN4O4/c20-12-4-3-11-15(16(12)23-9-1-2-10(23)8-21-7-9)19(28)24(18(11)27)13-5-6-14(25)22-17(13)26/h3-4,9-10,13,21H,1-2,5-8H2,(H,22,25,26). The van der Waals surface area contributed by atoms with Crippen molar-refractivity contribution in [1.29, 1.82) is 0 Å². The van der Waals surface area contributed by atoms with E-state index in [0.29, 0.717) is 13.1 Å². The number of nitrogens with one attached hydrogen (secondary N) is 2. The van der Waals surface area contributed by atoms with E-state index < -0.39 is 35.5 Å². The summed E-state index contributed by atoms with van der Waals surface area (Å²) in [6.45, 7) is 1.39. The van der Waals surface area contributed by atoms with Crippen LogP contribution in [-0.2, 0) is 9.59 Å². The Bertz CT molecular complexity index is 917. The highest BCUT2D eigenvalue weighted by Crippen LogP contribution is 2.41. The van der Waals surface area contributed by atoms with Gasteiger partial charge >= 0.3 is 0 Å². The highest BCUT2D eigenvalue weighted by atomic mass is 19.1. The van der Waals surface area contributed by atoms with Gasteiger partial charge in [0, 0.05) is 31.6 Å². The number of anilines is 1.